The molecule has 2 fully saturated rings. The van der Waals surface area contributed by atoms with Crippen molar-refractivity contribution in [3.63, 3.8) is 0 Å². The third-order valence-corrected chi connectivity index (χ3v) is 6.66. The molecule has 0 aliphatic carbocycles. The predicted octanol–water partition coefficient (Wildman–Crippen LogP) is 2.74. The number of hydroxylamine groups is 1. The van der Waals surface area contributed by atoms with Gasteiger partial charge in [-0.05, 0) is 35.3 Å². The number of carbonyl (C=O) groups excluding carboxylic acids is 1. The lowest BCUT2D eigenvalue weighted by Crippen LogP contribution is -2.50. The van der Waals surface area contributed by atoms with E-state index in [2.05, 4.69) is 58.0 Å². The highest BCUT2D eigenvalue weighted by Gasteiger charge is 2.23. The standard InChI is InChI=1S/C27H36N4O3/c1-22-18-30(19-24-7-5-23(6-8-24)9-10-27(32)28-33)11-12-31(22)21-26-4-2-3-25(17-26)20-29-13-15-34-16-14-29/h2-10,17,22,33H,11-16,18-21H2,1H3,(H,28,32)/b10-9+/t22-/m0/s1. The van der Waals surface area contributed by atoms with E-state index in [-0.39, 0.29) is 0 Å². The Morgan fingerprint density at radius 3 is 2.38 bits per heavy atom. The SMILES string of the molecule is C[C@H]1CN(Cc2ccc(/C=C/C(=O)NO)cc2)CCN1Cc1cccc(CN2CCOCC2)c1. The fraction of sp³-hybridized carbons (Fsp3) is 0.444. The largest absolute Gasteiger partial charge is 0.379 e. The number of nitrogens with one attached hydrogen (secondary N) is 1. The number of amides is 1. The van der Waals surface area contributed by atoms with Crippen LogP contribution >= 0.6 is 0 Å². The van der Waals surface area contributed by atoms with E-state index in [1.807, 2.05) is 12.1 Å². The monoisotopic (exact) mass is 464 g/mol. The van der Waals surface area contributed by atoms with Crippen molar-refractivity contribution in [1.82, 2.24) is 20.2 Å². The van der Waals surface area contributed by atoms with Gasteiger partial charge in [0.15, 0.2) is 0 Å². The topological polar surface area (TPSA) is 68.3 Å². The second-order valence-electron chi connectivity index (χ2n) is 9.31. The third-order valence-electron chi connectivity index (χ3n) is 6.66. The molecular formula is C27H36N4O3. The average Bonchev–Trinajstić information content (AvgIpc) is 2.86. The molecule has 1 amide bonds. The molecule has 182 valence electrons. The Balaban J connectivity index is 1.26. The molecule has 4 rings (SSSR count). The van der Waals surface area contributed by atoms with Crippen LogP contribution in [0.3, 0.4) is 0 Å². The Morgan fingerprint density at radius 2 is 1.68 bits per heavy atom. The van der Waals surface area contributed by atoms with Crippen molar-refractivity contribution >= 4 is 12.0 Å². The predicted molar refractivity (Wildman–Crippen MR) is 133 cm³/mol. The van der Waals surface area contributed by atoms with E-state index in [0.717, 1.165) is 71.1 Å². The number of benzene rings is 2. The molecule has 0 spiro atoms. The van der Waals surface area contributed by atoms with E-state index in [0.29, 0.717) is 6.04 Å². The molecule has 1 atom stereocenters. The molecule has 34 heavy (non-hydrogen) atoms. The summed E-state index contributed by atoms with van der Waals surface area (Å²) in [6, 6.07) is 17.8. The van der Waals surface area contributed by atoms with Gasteiger partial charge in [-0.15, -0.1) is 0 Å². The number of carbonyl (C=O) groups is 1. The minimum absolute atomic E-state index is 0.496. The van der Waals surface area contributed by atoms with Crippen molar-refractivity contribution < 1.29 is 14.7 Å². The van der Waals surface area contributed by atoms with Crippen LogP contribution in [0.1, 0.15) is 29.2 Å². The highest BCUT2D eigenvalue weighted by molar-refractivity contribution is 5.90. The minimum atomic E-state index is -0.528. The second kappa shape index (κ2) is 12.2. The number of rotatable bonds is 8. The van der Waals surface area contributed by atoms with Gasteiger partial charge in [0.25, 0.3) is 5.91 Å². The number of ether oxygens (including phenoxy) is 1. The van der Waals surface area contributed by atoms with Crippen LogP contribution in [-0.4, -0.2) is 77.8 Å². The van der Waals surface area contributed by atoms with Crippen molar-refractivity contribution in [2.75, 3.05) is 45.9 Å². The van der Waals surface area contributed by atoms with Gasteiger partial charge in [-0.3, -0.25) is 24.7 Å². The Hall–Kier alpha value is -2.55. The molecule has 2 aliphatic rings. The summed E-state index contributed by atoms with van der Waals surface area (Å²) in [5.74, 6) is -0.528. The summed E-state index contributed by atoms with van der Waals surface area (Å²) in [5, 5.41) is 8.57. The first-order chi connectivity index (χ1) is 16.6. The summed E-state index contributed by atoms with van der Waals surface area (Å²) in [7, 11) is 0. The molecule has 0 aromatic heterocycles. The molecule has 2 aliphatic heterocycles. The van der Waals surface area contributed by atoms with Crippen LogP contribution in [0.4, 0.5) is 0 Å². The minimum Gasteiger partial charge on any atom is -0.379 e. The second-order valence-corrected chi connectivity index (χ2v) is 9.31. The van der Waals surface area contributed by atoms with Gasteiger partial charge in [-0.25, -0.2) is 5.48 Å². The van der Waals surface area contributed by atoms with E-state index < -0.39 is 5.91 Å². The number of piperazine rings is 1. The normalized spacial score (nSPS) is 20.6. The number of nitrogens with zero attached hydrogens (tertiary/aromatic N) is 3. The molecule has 2 saturated heterocycles. The molecule has 2 aromatic rings. The van der Waals surface area contributed by atoms with Crippen molar-refractivity contribution in [2.24, 2.45) is 0 Å². The van der Waals surface area contributed by atoms with Crippen molar-refractivity contribution in [1.29, 1.82) is 0 Å². The molecule has 0 bridgehead atoms. The van der Waals surface area contributed by atoms with Gasteiger partial charge in [-0.2, -0.15) is 0 Å². The zero-order valence-electron chi connectivity index (χ0n) is 20.0. The lowest BCUT2D eigenvalue weighted by molar-refractivity contribution is -0.124. The Bertz CT molecular complexity index is 957. The smallest absolute Gasteiger partial charge is 0.267 e. The summed E-state index contributed by atoms with van der Waals surface area (Å²) in [6.45, 7) is 12.1. The maximum atomic E-state index is 11.1. The summed E-state index contributed by atoms with van der Waals surface area (Å²) in [5.41, 5.74) is 6.58. The first kappa shape index (κ1) is 24.6. The van der Waals surface area contributed by atoms with E-state index in [1.165, 1.54) is 22.8 Å². The van der Waals surface area contributed by atoms with Gasteiger partial charge in [0.2, 0.25) is 0 Å². The average molecular weight is 465 g/mol. The van der Waals surface area contributed by atoms with E-state index in [1.54, 1.807) is 11.6 Å². The van der Waals surface area contributed by atoms with Crippen molar-refractivity contribution in [3.8, 4) is 0 Å². The van der Waals surface area contributed by atoms with Crippen LogP contribution in [-0.2, 0) is 29.2 Å². The summed E-state index contributed by atoms with van der Waals surface area (Å²) < 4.78 is 5.47. The van der Waals surface area contributed by atoms with Crippen LogP contribution in [0, 0.1) is 0 Å². The van der Waals surface area contributed by atoms with Crippen LogP contribution in [0.2, 0.25) is 0 Å². The van der Waals surface area contributed by atoms with Crippen LogP contribution < -0.4 is 5.48 Å². The summed E-state index contributed by atoms with van der Waals surface area (Å²) in [6.07, 6.45) is 3.00. The van der Waals surface area contributed by atoms with Gasteiger partial charge >= 0.3 is 0 Å². The van der Waals surface area contributed by atoms with Crippen LogP contribution in [0.25, 0.3) is 6.08 Å². The third kappa shape index (κ3) is 7.22. The molecule has 7 nitrogen and oxygen atoms in total. The Morgan fingerprint density at radius 1 is 0.971 bits per heavy atom. The van der Waals surface area contributed by atoms with Crippen LogP contribution in [0.5, 0.6) is 0 Å². The lowest BCUT2D eigenvalue weighted by atomic mass is 10.1. The zero-order chi connectivity index (χ0) is 23.8. The summed E-state index contributed by atoms with van der Waals surface area (Å²) >= 11 is 0. The maximum absolute atomic E-state index is 11.1. The molecule has 2 aromatic carbocycles. The van der Waals surface area contributed by atoms with E-state index >= 15 is 0 Å². The fourth-order valence-electron chi connectivity index (χ4n) is 4.73. The van der Waals surface area contributed by atoms with Gasteiger partial charge < -0.3 is 4.74 Å². The lowest BCUT2D eigenvalue weighted by Gasteiger charge is -2.40. The quantitative estimate of drug-likeness (QED) is 0.356. The fourth-order valence-corrected chi connectivity index (χ4v) is 4.73. The van der Waals surface area contributed by atoms with Gasteiger partial charge in [-0.1, -0.05) is 48.5 Å². The van der Waals surface area contributed by atoms with Crippen molar-refractivity contribution in [2.45, 2.75) is 32.6 Å². The van der Waals surface area contributed by atoms with Crippen LogP contribution in [0.15, 0.2) is 54.6 Å². The summed E-state index contributed by atoms with van der Waals surface area (Å²) in [4.78, 5) is 18.7. The molecule has 2 heterocycles. The molecule has 0 unspecified atom stereocenters. The van der Waals surface area contributed by atoms with Crippen molar-refractivity contribution in [3.05, 3.63) is 76.9 Å². The number of hydrogen-bond acceptors (Lipinski definition) is 6. The van der Waals surface area contributed by atoms with Gasteiger partial charge in [0.05, 0.1) is 13.2 Å². The number of hydrogen-bond donors (Lipinski definition) is 2. The highest BCUT2D eigenvalue weighted by atomic mass is 16.5. The molecule has 2 N–H and O–H groups in total. The Kier molecular flexibility index (Phi) is 8.85. The first-order valence-corrected chi connectivity index (χ1v) is 12.1. The van der Waals surface area contributed by atoms with Gasteiger partial charge in [0, 0.05) is 64.5 Å². The number of morpholine rings is 1. The first-order valence-electron chi connectivity index (χ1n) is 12.1. The Labute approximate surface area is 202 Å². The maximum Gasteiger partial charge on any atom is 0.267 e. The van der Waals surface area contributed by atoms with E-state index in [9.17, 15) is 4.79 Å². The molecule has 7 heteroatoms. The molecule has 0 radical (unpaired) electrons. The van der Waals surface area contributed by atoms with E-state index in [4.69, 9.17) is 9.94 Å². The molecular weight excluding hydrogens is 428 g/mol. The highest BCUT2D eigenvalue weighted by Crippen LogP contribution is 2.18. The molecule has 0 saturated carbocycles. The zero-order valence-corrected chi connectivity index (χ0v) is 20.0. The van der Waals surface area contributed by atoms with Gasteiger partial charge in [0.1, 0.15) is 0 Å².